The number of rotatable bonds is 9. The summed E-state index contributed by atoms with van der Waals surface area (Å²) < 4.78 is 12.3. The van der Waals surface area contributed by atoms with Crippen LogP contribution in [0, 0.1) is 0 Å². The number of urea groups is 1. The maximum absolute atomic E-state index is 12.9. The Morgan fingerprint density at radius 3 is 2.21 bits per heavy atom. The van der Waals surface area contributed by atoms with E-state index in [9.17, 15) is 9.59 Å². The summed E-state index contributed by atoms with van der Waals surface area (Å²) in [4.78, 5) is 28.5. The van der Waals surface area contributed by atoms with Gasteiger partial charge in [-0.15, -0.1) is 0 Å². The Hall–Kier alpha value is -4.70. The molecule has 0 fully saturated rings. The molecule has 0 bridgehead atoms. The Bertz CT molecular complexity index is 1390. The van der Waals surface area contributed by atoms with E-state index < -0.39 is 6.03 Å². The summed E-state index contributed by atoms with van der Waals surface area (Å²) in [7, 11) is 1.48. The number of nitrogens with one attached hydrogen (secondary N) is 3. The molecule has 10 nitrogen and oxygen atoms in total. The number of amides is 3. The van der Waals surface area contributed by atoms with Crippen LogP contribution in [0.5, 0.6) is 11.5 Å². The van der Waals surface area contributed by atoms with Gasteiger partial charge in [-0.3, -0.25) is 15.1 Å². The van der Waals surface area contributed by atoms with Gasteiger partial charge in [0.2, 0.25) is 5.91 Å². The predicted octanol–water partition coefficient (Wildman–Crippen LogP) is 5.26. The third kappa shape index (κ3) is 7.65. The van der Waals surface area contributed by atoms with Gasteiger partial charge in [-0.2, -0.15) is 5.10 Å². The van der Waals surface area contributed by atoms with Crippen LogP contribution in [-0.4, -0.2) is 40.4 Å². The molecular weight excluding hydrogens is 496 g/mol. The fourth-order valence-corrected chi connectivity index (χ4v) is 3.60. The summed E-state index contributed by atoms with van der Waals surface area (Å²) in [5, 5.41) is 13.3. The van der Waals surface area contributed by atoms with Crippen molar-refractivity contribution in [2.24, 2.45) is 0 Å². The molecule has 39 heavy (non-hydrogen) atoms. The highest BCUT2D eigenvalue weighted by atomic mass is 16.5. The van der Waals surface area contributed by atoms with E-state index in [2.05, 4.69) is 41.7 Å². The number of ether oxygens (including phenoxy) is 2. The lowest BCUT2D eigenvalue weighted by Crippen LogP contribution is -2.26. The number of aromatic nitrogens is 3. The van der Waals surface area contributed by atoms with Crippen molar-refractivity contribution in [3.05, 3.63) is 90.4 Å². The number of carbonyl (C=O) groups excluding carboxylic acids is 2. The maximum atomic E-state index is 12.9. The van der Waals surface area contributed by atoms with Crippen molar-refractivity contribution in [1.82, 2.24) is 20.1 Å². The SMILES string of the molecule is COCC(=O)NCc1ccc(-n2nc(C(C)(C)C)cc2NC(=O)Nc2ccc(Oc3ccncc3)cc2)cc1. The summed E-state index contributed by atoms with van der Waals surface area (Å²) >= 11 is 0. The molecule has 0 aliphatic heterocycles. The van der Waals surface area contributed by atoms with Crippen molar-refractivity contribution in [3.63, 3.8) is 0 Å². The molecule has 2 aromatic heterocycles. The summed E-state index contributed by atoms with van der Waals surface area (Å²) in [6, 6.07) is 19.7. The lowest BCUT2D eigenvalue weighted by molar-refractivity contribution is -0.124. The molecule has 3 amide bonds. The van der Waals surface area contributed by atoms with E-state index in [0.29, 0.717) is 29.5 Å². The monoisotopic (exact) mass is 528 g/mol. The molecule has 3 N–H and O–H groups in total. The highest BCUT2D eigenvalue weighted by Gasteiger charge is 2.21. The molecule has 0 atom stereocenters. The minimum Gasteiger partial charge on any atom is -0.457 e. The van der Waals surface area contributed by atoms with Gasteiger partial charge in [-0.1, -0.05) is 32.9 Å². The Balaban J connectivity index is 1.45. The first-order valence-electron chi connectivity index (χ1n) is 12.4. The Labute approximate surface area is 227 Å². The van der Waals surface area contributed by atoms with E-state index >= 15 is 0 Å². The standard InChI is InChI=1S/C29H32N6O4/c1-29(2,3)25-17-26(35(34-25)22-9-5-20(6-10-22)18-31-27(36)19-38-4)33-28(37)32-21-7-11-23(12-8-21)39-24-13-15-30-16-14-24/h5-17H,18-19H2,1-4H3,(H,31,36)(H2,32,33,37). The topological polar surface area (TPSA) is 119 Å². The number of nitrogens with zero attached hydrogens (tertiary/aromatic N) is 3. The molecule has 2 aromatic carbocycles. The average molecular weight is 529 g/mol. The summed E-state index contributed by atoms with van der Waals surface area (Å²) in [5.74, 6) is 1.66. The smallest absolute Gasteiger partial charge is 0.324 e. The fraction of sp³-hybridized carbons (Fsp3) is 0.241. The average Bonchev–Trinajstić information content (AvgIpc) is 3.34. The number of anilines is 2. The van der Waals surface area contributed by atoms with E-state index in [1.807, 2.05) is 30.3 Å². The number of pyridine rings is 1. The molecule has 0 saturated heterocycles. The first-order chi connectivity index (χ1) is 18.7. The van der Waals surface area contributed by atoms with Crippen molar-refractivity contribution >= 4 is 23.4 Å². The first kappa shape index (κ1) is 27.3. The number of hydrogen-bond donors (Lipinski definition) is 3. The van der Waals surface area contributed by atoms with Gasteiger partial charge in [0.05, 0.1) is 11.4 Å². The zero-order valence-electron chi connectivity index (χ0n) is 22.4. The summed E-state index contributed by atoms with van der Waals surface area (Å²) in [6.45, 7) is 6.58. The second-order valence-corrected chi connectivity index (χ2v) is 9.84. The van der Waals surface area contributed by atoms with Gasteiger partial charge in [-0.25, -0.2) is 9.48 Å². The first-order valence-corrected chi connectivity index (χ1v) is 12.4. The largest absolute Gasteiger partial charge is 0.457 e. The molecule has 2 heterocycles. The maximum Gasteiger partial charge on any atom is 0.324 e. The van der Waals surface area contributed by atoms with Crippen molar-refractivity contribution < 1.29 is 19.1 Å². The second-order valence-electron chi connectivity index (χ2n) is 9.84. The zero-order valence-corrected chi connectivity index (χ0v) is 22.4. The van der Waals surface area contributed by atoms with Crippen LogP contribution in [0.4, 0.5) is 16.3 Å². The predicted molar refractivity (Wildman–Crippen MR) is 149 cm³/mol. The molecule has 4 rings (SSSR count). The van der Waals surface area contributed by atoms with Gasteiger partial charge in [0.25, 0.3) is 0 Å². The van der Waals surface area contributed by atoms with Crippen LogP contribution in [0.15, 0.2) is 79.1 Å². The minimum absolute atomic E-state index is 0.0154. The van der Waals surface area contributed by atoms with Crippen molar-refractivity contribution in [3.8, 4) is 17.2 Å². The molecule has 202 valence electrons. The van der Waals surface area contributed by atoms with E-state index in [0.717, 1.165) is 16.9 Å². The van der Waals surface area contributed by atoms with Crippen molar-refractivity contribution in [1.29, 1.82) is 0 Å². The van der Waals surface area contributed by atoms with Gasteiger partial charge in [0.1, 0.15) is 23.9 Å². The van der Waals surface area contributed by atoms with Gasteiger partial charge in [0, 0.05) is 43.2 Å². The molecule has 0 aliphatic carbocycles. The van der Waals surface area contributed by atoms with Crippen molar-refractivity contribution in [2.45, 2.75) is 32.7 Å². The van der Waals surface area contributed by atoms with E-state index in [1.54, 1.807) is 53.5 Å². The molecule has 0 unspecified atom stereocenters. The van der Waals surface area contributed by atoms with Crippen LogP contribution in [0.25, 0.3) is 5.69 Å². The lowest BCUT2D eigenvalue weighted by atomic mass is 9.92. The highest BCUT2D eigenvalue weighted by molar-refractivity contribution is 5.99. The third-order valence-electron chi connectivity index (χ3n) is 5.66. The number of carbonyl (C=O) groups is 2. The van der Waals surface area contributed by atoms with Crippen LogP contribution in [0.3, 0.4) is 0 Å². The van der Waals surface area contributed by atoms with Crippen LogP contribution in [0.1, 0.15) is 32.0 Å². The number of methoxy groups -OCH3 is 1. The van der Waals surface area contributed by atoms with Crippen LogP contribution in [-0.2, 0) is 21.5 Å². The van der Waals surface area contributed by atoms with Crippen molar-refractivity contribution in [2.75, 3.05) is 24.4 Å². The van der Waals surface area contributed by atoms with E-state index in [1.165, 1.54) is 7.11 Å². The second kappa shape index (κ2) is 12.2. The molecule has 10 heteroatoms. The normalized spacial score (nSPS) is 11.1. The minimum atomic E-state index is -0.406. The highest BCUT2D eigenvalue weighted by Crippen LogP contribution is 2.27. The lowest BCUT2D eigenvalue weighted by Gasteiger charge is -2.14. The Morgan fingerprint density at radius 2 is 1.56 bits per heavy atom. The number of benzene rings is 2. The Kier molecular flexibility index (Phi) is 8.57. The van der Waals surface area contributed by atoms with Crippen LogP contribution in [0.2, 0.25) is 0 Å². The summed E-state index contributed by atoms with van der Waals surface area (Å²) in [5.41, 5.74) is 2.90. The quantitative estimate of drug-likeness (QED) is 0.273. The van der Waals surface area contributed by atoms with Crippen LogP contribution >= 0.6 is 0 Å². The van der Waals surface area contributed by atoms with Crippen LogP contribution < -0.4 is 20.7 Å². The van der Waals surface area contributed by atoms with Gasteiger partial charge in [-0.05, 0) is 54.1 Å². The molecule has 0 saturated carbocycles. The van der Waals surface area contributed by atoms with Gasteiger partial charge >= 0.3 is 6.03 Å². The van der Waals surface area contributed by atoms with Gasteiger partial charge < -0.3 is 20.1 Å². The molecular formula is C29H32N6O4. The van der Waals surface area contributed by atoms with E-state index in [-0.39, 0.29) is 17.9 Å². The molecule has 0 aliphatic rings. The molecule has 4 aromatic rings. The zero-order chi connectivity index (χ0) is 27.8. The molecule has 0 radical (unpaired) electrons. The fourth-order valence-electron chi connectivity index (χ4n) is 3.60. The van der Waals surface area contributed by atoms with Gasteiger partial charge in [0.15, 0.2) is 0 Å². The van der Waals surface area contributed by atoms with E-state index in [4.69, 9.17) is 14.6 Å². The molecule has 0 spiro atoms. The summed E-state index contributed by atoms with van der Waals surface area (Å²) in [6.07, 6.45) is 3.31. The Morgan fingerprint density at radius 1 is 0.897 bits per heavy atom. The number of hydrogen-bond acceptors (Lipinski definition) is 6. The third-order valence-corrected chi connectivity index (χ3v) is 5.66.